The highest BCUT2D eigenvalue weighted by atomic mass is 15.2. The Balaban J connectivity index is 1.02. The van der Waals surface area contributed by atoms with Gasteiger partial charge in [0.05, 0.1) is 11.4 Å². The molecular weight excluding hydrogens is 1110 g/mol. The number of anilines is 9. The molecule has 0 saturated carbocycles. The van der Waals surface area contributed by atoms with Gasteiger partial charge in [-0.05, 0) is 185 Å². The first-order valence-corrected chi connectivity index (χ1v) is 31.9. The van der Waals surface area contributed by atoms with E-state index in [0.29, 0.717) is 0 Å². The molecule has 1 aliphatic rings. The van der Waals surface area contributed by atoms with Crippen LogP contribution in [0, 0.1) is 0 Å². The van der Waals surface area contributed by atoms with E-state index in [1.165, 1.54) is 71.3 Å². The summed E-state index contributed by atoms with van der Waals surface area (Å²) in [4.78, 5) is 7.56. The Morgan fingerprint density at radius 1 is 0.196 bits per heavy atom. The average Bonchev–Trinajstić information content (AvgIpc) is 1.26. The molecule has 3 nitrogen and oxygen atoms in total. The van der Waals surface area contributed by atoms with Crippen LogP contribution in [-0.4, -0.2) is 0 Å². The highest BCUT2D eigenvalue weighted by Crippen LogP contribution is 2.57. The molecule has 0 aromatic heterocycles. The molecule has 0 heterocycles. The molecule has 17 rings (SSSR count). The van der Waals surface area contributed by atoms with Crippen molar-refractivity contribution in [3.8, 4) is 44.5 Å². The summed E-state index contributed by atoms with van der Waals surface area (Å²) in [6.45, 7) is 4.81. The van der Waals surface area contributed by atoms with Crippen molar-refractivity contribution < 1.29 is 0 Å². The van der Waals surface area contributed by atoms with Crippen molar-refractivity contribution in [3.63, 3.8) is 0 Å². The van der Waals surface area contributed by atoms with Gasteiger partial charge in [-0.3, -0.25) is 0 Å². The lowest BCUT2D eigenvalue weighted by molar-refractivity contribution is 0.661. The molecule has 0 saturated heterocycles. The van der Waals surface area contributed by atoms with Crippen molar-refractivity contribution in [2.75, 3.05) is 14.7 Å². The molecule has 0 atom stereocenters. The maximum atomic E-state index is 2.57. The van der Waals surface area contributed by atoms with Gasteiger partial charge >= 0.3 is 0 Å². The van der Waals surface area contributed by atoms with E-state index < -0.39 is 0 Å². The molecule has 0 fully saturated rings. The van der Waals surface area contributed by atoms with Gasteiger partial charge in [0, 0.05) is 66.8 Å². The van der Waals surface area contributed by atoms with Gasteiger partial charge in [0.2, 0.25) is 0 Å². The van der Waals surface area contributed by atoms with E-state index in [0.717, 1.165) is 89.4 Å². The zero-order valence-corrected chi connectivity index (χ0v) is 51.3. The van der Waals surface area contributed by atoms with Gasteiger partial charge < -0.3 is 14.7 Å². The molecule has 0 spiro atoms. The monoisotopic (exact) mass is 1170 g/mol. The maximum Gasteiger partial charge on any atom is 0.0620 e. The van der Waals surface area contributed by atoms with E-state index in [4.69, 9.17) is 0 Å². The molecule has 92 heavy (non-hydrogen) atoms. The van der Waals surface area contributed by atoms with E-state index >= 15 is 0 Å². The van der Waals surface area contributed by atoms with Crippen LogP contribution in [-0.2, 0) is 5.41 Å². The van der Waals surface area contributed by atoms with Gasteiger partial charge in [0.1, 0.15) is 0 Å². The molecule has 0 bridgehead atoms. The Labute approximate surface area is 537 Å². The summed E-state index contributed by atoms with van der Waals surface area (Å²) in [6, 6.07) is 128. The van der Waals surface area contributed by atoms with Gasteiger partial charge in [-0.25, -0.2) is 0 Å². The molecule has 0 unspecified atom stereocenters. The molecule has 0 amide bonds. The van der Waals surface area contributed by atoms with Crippen LogP contribution < -0.4 is 14.7 Å². The topological polar surface area (TPSA) is 9.72 Å². The third-order valence-corrected chi connectivity index (χ3v) is 19.1. The quantitative estimate of drug-likeness (QED) is 0.0892. The van der Waals surface area contributed by atoms with E-state index in [1.54, 1.807) is 0 Å². The van der Waals surface area contributed by atoms with Gasteiger partial charge in [-0.2, -0.15) is 0 Å². The predicted octanol–water partition coefficient (Wildman–Crippen LogP) is 25.2. The van der Waals surface area contributed by atoms with Crippen molar-refractivity contribution in [2.24, 2.45) is 0 Å². The van der Waals surface area contributed by atoms with Crippen molar-refractivity contribution in [1.82, 2.24) is 0 Å². The van der Waals surface area contributed by atoms with Crippen LogP contribution in [0.5, 0.6) is 0 Å². The van der Waals surface area contributed by atoms with Crippen LogP contribution in [0.2, 0.25) is 0 Å². The largest absolute Gasteiger partial charge is 0.310 e. The molecule has 0 radical (unpaired) electrons. The van der Waals surface area contributed by atoms with E-state index in [1.807, 2.05) is 0 Å². The molecule has 0 aliphatic heterocycles. The Morgan fingerprint density at radius 3 is 0.967 bits per heavy atom. The number of rotatable bonds is 12. The summed E-state index contributed by atoms with van der Waals surface area (Å²) >= 11 is 0. The lowest BCUT2D eigenvalue weighted by Crippen LogP contribution is -2.17. The van der Waals surface area contributed by atoms with Crippen LogP contribution in [0.4, 0.5) is 51.2 Å². The number of benzene rings is 16. The number of hydrogen-bond donors (Lipinski definition) is 0. The standard InChI is InChI=1S/C89H63N3/c1-89(2)85-33-19-18-32-79(85)81-58-83-84(59-86(81)89)87(91(76-50-41-64-27-13-16-30-70(64)55-76)73-45-36-67(37-46-73)61-22-8-4-9-23-61)80-53-52-78(90(75-49-40-63-26-12-15-29-69(63)54-75)72-43-34-66(35-44-72)60-20-6-3-7-21-60)57-82(80)88(83)92(77-51-42-65-28-14-17-31-71(65)56-77)74-47-38-68(39-48-74)62-24-10-5-11-25-62/h3-59H,1-2H3. The van der Waals surface area contributed by atoms with Gasteiger partial charge in [0.15, 0.2) is 0 Å². The van der Waals surface area contributed by atoms with E-state index in [-0.39, 0.29) is 5.41 Å². The summed E-state index contributed by atoms with van der Waals surface area (Å²) in [5.41, 5.74) is 21.4. The lowest BCUT2D eigenvalue weighted by atomic mass is 9.81. The Kier molecular flexibility index (Phi) is 13.2. The third-order valence-electron chi connectivity index (χ3n) is 19.1. The summed E-state index contributed by atoms with van der Waals surface area (Å²) in [6.07, 6.45) is 0. The summed E-state index contributed by atoms with van der Waals surface area (Å²) < 4.78 is 0. The minimum atomic E-state index is -0.302. The first kappa shape index (κ1) is 54.4. The minimum Gasteiger partial charge on any atom is -0.310 e. The van der Waals surface area contributed by atoms with Crippen LogP contribution in [0.15, 0.2) is 346 Å². The van der Waals surface area contributed by atoms with Crippen molar-refractivity contribution in [1.29, 1.82) is 0 Å². The summed E-state index contributed by atoms with van der Waals surface area (Å²) in [5, 5.41) is 11.6. The number of nitrogens with zero attached hydrogens (tertiary/aromatic N) is 3. The summed E-state index contributed by atoms with van der Waals surface area (Å²) in [7, 11) is 0. The van der Waals surface area contributed by atoms with Crippen LogP contribution >= 0.6 is 0 Å². The zero-order chi connectivity index (χ0) is 61.3. The zero-order valence-electron chi connectivity index (χ0n) is 51.3. The molecule has 16 aromatic carbocycles. The van der Waals surface area contributed by atoms with Gasteiger partial charge in [-0.1, -0.05) is 263 Å². The minimum absolute atomic E-state index is 0.302. The number of fused-ring (bicyclic) bond motifs is 8. The first-order chi connectivity index (χ1) is 45.4. The second kappa shape index (κ2) is 22.4. The van der Waals surface area contributed by atoms with Crippen molar-refractivity contribution in [3.05, 3.63) is 357 Å². The summed E-state index contributed by atoms with van der Waals surface area (Å²) in [5.74, 6) is 0. The molecule has 434 valence electrons. The highest BCUT2D eigenvalue weighted by molar-refractivity contribution is 6.25. The van der Waals surface area contributed by atoms with Crippen molar-refractivity contribution >= 4 is 105 Å². The fourth-order valence-corrected chi connectivity index (χ4v) is 14.5. The fraction of sp³-hybridized carbons (Fsp3) is 0.0337. The second-order valence-electron chi connectivity index (χ2n) is 24.9. The SMILES string of the molecule is CC1(C)c2ccccc2-c2cc3c(N(c4ccc(-c5ccccc5)cc4)c4ccc5ccccc5c4)c4cc(N(c5ccc(-c6ccccc6)cc5)c5ccc6ccccc6c5)ccc4c(N(c4ccc(-c5ccccc5)cc4)c4ccc5ccccc5c4)c3cc21. The Bertz CT molecular complexity index is 5470. The lowest BCUT2D eigenvalue weighted by Gasteiger charge is -2.34. The van der Waals surface area contributed by atoms with E-state index in [9.17, 15) is 0 Å². The molecule has 16 aromatic rings. The van der Waals surface area contributed by atoms with E-state index in [2.05, 4.69) is 374 Å². The predicted molar refractivity (Wildman–Crippen MR) is 392 cm³/mol. The maximum absolute atomic E-state index is 2.57. The van der Waals surface area contributed by atoms with Crippen LogP contribution in [0.1, 0.15) is 25.0 Å². The van der Waals surface area contributed by atoms with Crippen LogP contribution in [0.25, 0.3) is 98.4 Å². The Hall–Kier alpha value is -11.8. The molecule has 1 aliphatic carbocycles. The first-order valence-electron chi connectivity index (χ1n) is 31.9. The molecular formula is C89H63N3. The molecule has 0 N–H and O–H groups in total. The Morgan fingerprint density at radius 2 is 0.511 bits per heavy atom. The third kappa shape index (κ3) is 9.45. The van der Waals surface area contributed by atoms with Crippen molar-refractivity contribution in [2.45, 2.75) is 19.3 Å². The smallest absolute Gasteiger partial charge is 0.0620 e. The number of hydrogen-bond acceptors (Lipinski definition) is 3. The average molecular weight is 1170 g/mol. The fourth-order valence-electron chi connectivity index (χ4n) is 14.5. The second-order valence-corrected chi connectivity index (χ2v) is 24.9. The van der Waals surface area contributed by atoms with Gasteiger partial charge in [-0.15, -0.1) is 0 Å². The highest BCUT2D eigenvalue weighted by Gasteiger charge is 2.37. The molecule has 3 heteroatoms. The van der Waals surface area contributed by atoms with Crippen LogP contribution in [0.3, 0.4) is 0 Å². The van der Waals surface area contributed by atoms with Gasteiger partial charge in [0.25, 0.3) is 0 Å². The normalized spacial score (nSPS) is 12.3.